The van der Waals surface area contributed by atoms with Crippen LogP contribution in [-0.2, 0) is 6.42 Å². The molecule has 8 heteroatoms. The lowest BCUT2D eigenvalue weighted by molar-refractivity contribution is 0.0953. The minimum Gasteiger partial charge on any atom is -0.497 e. The molecule has 1 aliphatic rings. The Morgan fingerprint density at radius 3 is 2.07 bits per heavy atom. The Balaban J connectivity index is 1.33. The highest BCUT2D eigenvalue weighted by Crippen LogP contribution is 2.31. The lowest BCUT2D eigenvalue weighted by Gasteiger charge is -2.38. The van der Waals surface area contributed by atoms with Gasteiger partial charge in [0.1, 0.15) is 11.5 Å². The first-order valence-electron chi connectivity index (χ1n) is 14.1. The summed E-state index contributed by atoms with van der Waals surface area (Å²) in [6.07, 6.45) is 0.730. The highest BCUT2D eigenvalue weighted by Gasteiger charge is 2.24. The maximum absolute atomic E-state index is 13.6. The van der Waals surface area contributed by atoms with E-state index < -0.39 is 0 Å². The molecule has 0 radical (unpaired) electrons. The third-order valence-corrected chi connectivity index (χ3v) is 7.44. The van der Waals surface area contributed by atoms with Crippen LogP contribution >= 0.6 is 0 Å². The average molecular weight is 565 g/mol. The van der Waals surface area contributed by atoms with Crippen molar-refractivity contribution >= 4 is 28.9 Å². The third-order valence-electron chi connectivity index (χ3n) is 7.44. The van der Waals surface area contributed by atoms with E-state index in [-0.39, 0.29) is 11.8 Å². The SMILES string of the molecule is COc1ccc(C(=O)Nc2ccc(N3CCN(c4ccccc4OC)CC3)c(C(=O)NCCc3ccccc3)c2)cc1. The van der Waals surface area contributed by atoms with Crippen molar-refractivity contribution in [2.24, 2.45) is 0 Å². The topological polar surface area (TPSA) is 83.1 Å². The summed E-state index contributed by atoms with van der Waals surface area (Å²) in [4.78, 5) is 31.0. The second-order valence-corrected chi connectivity index (χ2v) is 10.1. The second kappa shape index (κ2) is 13.6. The third kappa shape index (κ3) is 6.83. The van der Waals surface area contributed by atoms with Gasteiger partial charge in [-0.15, -0.1) is 0 Å². The molecule has 0 aromatic heterocycles. The summed E-state index contributed by atoms with van der Waals surface area (Å²) >= 11 is 0. The van der Waals surface area contributed by atoms with Gasteiger partial charge in [0.15, 0.2) is 0 Å². The Morgan fingerprint density at radius 2 is 1.38 bits per heavy atom. The molecular formula is C34H36N4O4. The Hall–Kier alpha value is -4.98. The Bertz CT molecular complexity index is 1500. The largest absolute Gasteiger partial charge is 0.497 e. The number of hydrogen-bond acceptors (Lipinski definition) is 6. The van der Waals surface area contributed by atoms with Crippen LogP contribution in [0.1, 0.15) is 26.3 Å². The summed E-state index contributed by atoms with van der Waals surface area (Å²) in [5.41, 5.74) is 4.65. The van der Waals surface area contributed by atoms with Gasteiger partial charge in [0, 0.05) is 49.7 Å². The van der Waals surface area contributed by atoms with Crippen LogP contribution in [0, 0.1) is 0 Å². The van der Waals surface area contributed by atoms with Crippen molar-refractivity contribution in [1.82, 2.24) is 5.32 Å². The first-order chi connectivity index (χ1) is 20.6. The van der Waals surface area contributed by atoms with E-state index in [0.717, 1.165) is 55.3 Å². The summed E-state index contributed by atoms with van der Waals surface area (Å²) < 4.78 is 10.8. The quantitative estimate of drug-likeness (QED) is 0.274. The molecule has 0 bridgehead atoms. The van der Waals surface area contributed by atoms with Gasteiger partial charge in [0.2, 0.25) is 0 Å². The zero-order valence-electron chi connectivity index (χ0n) is 24.0. The smallest absolute Gasteiger partial charge is 0.255 e. The predicted octanol–water partition coefficient (Wildman–Crippen LogP) is 5.26. The molecule has 0 saturated carbocycles. The van der Waals surface area contributed by atoms with E-state index in [1.54, 1.807) is 44.6 Å². The van der Waals surface area contributed by atoms with Gasteiger partial charge in [-0.05, 0) is 66.6 Å². The van der Waals surface area contributed by atoms with E-state index in [0.29, 0.717) is 29.1 Å². The highest BCUT2D eigenvalue weighted by molar-refractivity contribution is 6.06. The molecule has 0 spiro atoms. The number of anilines is 3. The fourth-order valence-electron chi connectivity index (χ4n) is 5.16. The van der Waals surface area contributed by atoms with Crippen LogP contribution in [0.25, 0.3) is 0 Å². The van der Waals surface area contributed by atoms with Crippen LogP contribution < -0.4 is 29.9 Å². The van der Waals surface area contributed by atoms with Crippen molar-refractivity contribution in [3.63, 3.8) is 0 Å². The first kappa shape index (κ1) is 28.5. The summed E-state index contributed by atoms with van der Waals surface area (Å²) in [6.45, 7) is 3.54. The molecule has 2 amide bonds. The van der Waals surface area contributed by atoms with E-state index in [1.165, 1.54) is 0 Å². The van der Waals surface area contributed by atoms with Gasteiger partial charge in [0.25, 0.3) is 11.8 Å². The zero-order valence-corrected chi connectivity index (χ0v) is 24.0. The van der Waals surface area contributed by atoms with Crippen LogP contribution in [0.2, 0.25) is 0 Å². The molecule has 42 heavy (non-hydrogen) atoms. The molecule has 0 atom stereocenters. The number of nitrogens with zero attached hydrogens (tertiary/aromatic N) is 2. The first-order valence-corrected chi connectivity index (χ1v) is 14.1. The van der Waals surface area contributed by atoms with Crippen LogP contribution in [0.4, 0.5) is 17.1 Å². The standard InChI is InChI=1S/C34H36N4O4/c1-41-28-15-12-26(13-16-28)33(39)36-27-14-17-30(29(24-27)34(40)35-19-18-25-8-4-3-5-9-25)37-20-22-38(23-21-37)31-10-6-7-11-32(31)42-2/h3-17,24H,18-23H2,1-2H3,(H,35,40)(H,36,39). The number of hydrogen-bond donors (Lipinski definition) is 2. The number of rotatable bonds is 10. The van der Waals surface area contributed by atoms with E-state index in [1.807, 2.05) is 60.7 Å². The fraction of sp³-hybridized carbons (Fsp3) is 0.235. The second-order valence-electron chi connectivity index (χ2n) is 10.1. The molecule has 0 unspecified atom stereocenters. The van der Waals surface area contributed by atoms with Gasteiger partial charge in [0.05, 0.1) is 25.5 Å². The molecule has 5 rings (SSSR count). The zero-order chi connectivity index (χ0) is 29.3. The number of carbonyl (C=O) groups is 2. The van der Waals surface area contributed by atoms with Gasteiger partial charge in [-0.2, -0.15) is 0 Å². The molecular weight excluding hydrogens is 528 g/mol. The van der Waals surface area contributed by atoms with Crippen molar-refractivity contribution in [1.29, 1.82) is 0 Å². The average Bonchev–Trinajstić information content (AvgIpc) is 3.05. The van der Waals surface area contributed by atoms with E-state index in [9.17, 15) is 9.59 Å². The van der Waals surface area contributed by atoms with Crippen LogP contribution in [0.5, 0.6) is 11.5 Å². The fourth-order valence-corrected chi connectivity index (χ4v) is 5.16. The number of piperazine rings is 1. The van der Waals surface area contributed by atoms with Gasteiger partial charge >= 0.3 is 0 Å². The van der Waals surface area contributed by atoms with Crippen molar-refractivity contribution in [2.45, 2.75) is 6.42 Å². The summed E-state index contributed by atoms with van der Waals surface area (Å²) in [5.74, 6) is 1.09. The minimum absolute atomic E-state index is 0.173. The predicted molar refractivity (Wildman–Crippen MR) is 167 cm³/mol. The number of carbonyl (C=O) groups excluding carboxylic acids is 2. The highest BCUT2D eigenvalue weighted by atomic mass is 16.5. The summed E-state index contributed by atoms with van der Waals surface area (Å²) in [6, 6.07) is 30.5. The molecule has 4 aromatic rings. The van der Waals surface area contributed by atoms with Crippen molar-refractivity contribution < 1.29 is 19.1 Å². The Labute approximate surface area is 246 Å². The molecule has 2 N–H and O–H groups in total. The maximum atomic E-state index is 13.6. The van der Waals surface area contributed by atoms with Crippen molar-refractivity contribution in [3.8, 4) is 11.5 Å². The van der Waals surface area contributed by atoms with Crippen LogP contribution in [0.3, 0.4) is 0 Å². The van der Waals surface area contributed by atoms with Gasteiger partial charge < -0.3 is 29.9 Å². The number of nitrogens with one attached hydrogen (secondary N) is 2. The summed E-state index contributed by atoms with van der Waals surface area (Å²) in [7, 11) is 3.27. The monoisotopic (exact) mass is 564 g/mol. The molecule has 0 aliphatic carbocycles. The number of ether oxygens (including phenoxy) is 2. The molecule has 1 heterocycles. The number of para-hydroxylation sites is 2. The molecule has 216 valence electrons. The Kier molecular flexibility index (Phi) is 9.23. The number of benzene rings is 4. The van der Waals surface area contributed by atoms with Crippen molar-refractivity contribution in [3.05, 3.63) is 114 Å². The molecule has 1 aliphatic heterocycles. The Morgan fingerprint density at radius 1 is 0.714 bits per heavy atom. The maximum Gasteiger partial charge on any atom is 0.255 e. The molecule has 8 nitrogen and oxygen atoms in total. The van der Waals surface area contributed by atoms with E-state index in [2.05, 4.69) is 26.5 Å². The van der Waals surface area contributed by atoms with E-state index >= 15 is 0 Å². The summed E-state index contributed by atoms with van der Waals surface area (Å²) in [5, 5.41) is 6.03. The molecule has 1 saturated heterocycles. The van der Waals surface area contributed by atoms with Gasteiger partial charge in [-0.25, -0.2) is 0 Å². The van der Waals surface area contributed by atoms with Crippen LogP contribution in [0.15, 0.2) is 97.1 Å². The number of amides is 2. The lowest BCUT2D eigenvalue weighted by atomic mass is 10.1. The van der Waals surface area contributed by atoms with E-state index in [4.69, 9.17) is 9.47 Å². The lowest BCUT2D eigenvalue weighted by Crippen LogP contribution is -2.47. The number of methoxy groups -OCH3 is 2. The van der Waals surface area contributed by atoms with Gasteiger partial charge in [-0.1, -0.05) is 42.5 Å². The molecule has 1 fully saturated rings. The normalized spacial score (nSPS) is 12.9. The van der Waals surface area contributed by atoms with Crippen LogP contribution in [-0.4, -0.2) is 58.8 Å². The minimum atomic E-state index is -0.258. The van der Waals surface area contributed by atoms with Crippen molar-refractivity contribution in [2.75, 3.05) is 62.1 Å². The van der Waals surface area contributed by atoms with Gasteiger partial charge in [-0.3, -0.25) is 9.59 Å². The molecule has 4 aromatic carbocycles.